The largest absolute Gasteiger partial charge is 0.364 e. The fourth-order valence-electron chi connectivity index (χ4n) is 2.62. The zero-order chi connectivity index (χ0) is 14.7. The Bertz CT molecular complexity index is 451. The number of rotatable bonds is 4. The predicted octanol–water partition coefficient (Wildman–Crippen LogP) is 0.885. The molecule has 0 radical (unpaired) electrons. The van der Waals surface area contributed by atoms with Crippen molar-refractivity contribution in [2.45, 2.75) is 38.8 Å². The maximum atomic E-state index is 11.0. The maximum Gasteiger partial charge on any atom is 0.269 e. The van der Waals surface area contributed by atoms with Crippen LogP contribution in [0.4, 0.5) is 5.82 Å². The van der Waals surface area contributed by atoms with Gasteiger partial charge in [-0.2, -0.15) is 0 Å². The molecule has 0 bridgehead atoms. The number of piperidine rings is 1. The van der Waals surface area contributed by atoms with Crippen LogP contribution in [0.25, 0.3) is 0 Å². The molecule has 1 amide bonds. The second-order valence-corrected chi connectivity index (χ2v) is 5.61. The standard InChI is InChI=1S/C14H23N5O/c1-10(2)19-8-6-11(7-9-19)18(3)13-5-4-12(14(15)20)16-17-13/h4-5,10-11H,6-9H2,1-3H3,(H2,15,20). The fourth-order valence-corrected chi connectivity index (χ4v) is 2.62. The van der Waals surface area contributed by atoms with Crippen LogP contribution < -0.4 is 10.6 Å². The Hall–Kier alpha value is -1.69. The minimum Gasteiger partial charge on any atom is -0.364 e. The molecule has 1 fully saturated rings. The first-order valence-corrected chi connectivity index (χ1v) is 7.09. The molecule has 2 N–H and O–H groups in total. The van der Waals surface area contributed by atoms with Gasteiger partial charge in [0, 0.05) is 32.2 Å². The van der Waals surface area contributed by atoms with E-state index >= 15 is 0 Å². The molecule has 0 unspecified atom stereocenters. The van der Waals surface area contributed by atoms with E-state index in [-0.39, 0.29) is 5.69 Å². The Labute approximate surface area is 120 Å². The van der Waals surface area contributed by atoms with Crippen molar-refractivity contribution in [1.29, 1.82) is 0 Å². The smallest absolute Gasteiger partial charge is 0.269 e. The van der Waals surface area contributed by atoms with Crippen LogP contribution in [0.15, 0.2) is 12.1 Å². The molecular weight excluding hydrogens is 254 g/mol. The molecule has 2 rings (SSSR count). The summed E-state index contributed by atoms with van der Waals surface area (Å²) >= 11 is 0. The van der Waals surface area contributed by atoms with E-state index in [1.54, 1.807) is 6.07 Å². The Balaban J connectivity index is 1.98. The summed E-state index contributed by atoms with van der Waals surface area (Å²) in [6.45, 7) is 6.69. The highest BCUT2D eigenvalue weighted by atomic mass is 16.1. The Kier molecular flexibility index (Phi) is 4.54. The fraction of sp³-hybridized carbons (Fsp3) is 0.643. The number of nitrogens with zero attached hydrogens (tertiary/aromatic N) is 4. The molecule has 1 aromatic heterocycles. The lowest BCUT2D eigenvalue weighted by atomic mass is 10.0. The summed E-state index contributed by atoms with van der Waals surface area (Å²) < 4.78 is 0. The summed E-state index contributed by atoms with van der Waals surface area (Å²) in [5, 5.41) is 7.95. The number of aromatic nitrogens is 2. The van der Waals surface area contributed by atoms with Crippen molar-refractivity contribution >= 4 is 11.7 Å². The monoisotopic (exact) mass is 277 g/mol. The highest BCUT2D eigenvalue weighted by Gasteiger charge is 2.24. The van der Waals surface area contributed by atoms with Crippen LogP contribution >= 0.6 is 0 Å². The van der Waals surface area contributed by atoms with E-state index in [1.807, 2.05) is 13.1 Å². The molecule has 0 saturated carbocycles. The normalized spacial score (nSPS) is 17.4. The van der Waals surface area contributed by atoms with Crippen LogP contribution in [0.1, 0.15) is 37.2 Å². The van der Waals surface area contributed by atoms with Gasteiger partial charge in [0.1, 0.15) is 0 Å². The van der Waals surface area contributed by atoms with E-state index in [9.17, 15) is 4.79 Å². The molecule has 1 aliphatic rings. The lowest BCUT2D eigenvalue weighted by Crippen LogP contribution is -2.46. The first kappa shape index (κ1) is 14.7. The molecular formula is C14H23N5O. The van der Waals surface area contributed by atoms with Gasteiger partial charge in [-0.3, -0.25) is 4.79 Å². The van der Waals surface area contributed by atoms with E-state index in [4.69, 9.17) is 5.73 Å². The average molecular weight is 277 g/mol. The number of hydrogen-bond acceptors (Lipinski definition) is 5. The SMILES string of the molecule is CC(C)N1CCC(N(C)c2ccc(C(N)=O)nn2)CC1. The summed E-state index contributed by atoms with van der Waals surface area (Å²) in [6.07, 6.45) is 2.24. The molecule has 0 aromatic carbocycles. The highest BCUT2D eigenvalue weighted by Crippen LogP contribution is 2.21. The van der Waals surface area contributed by atoms with Gasteiger partial charge in [-0.15, -0.1) is 10.2 Å². The van der Waals surface area contributed by atoms with Crippen LogP contribution in [-0.4, -0.2) is 53.2 Å². The van der Waals surface area contributed by atoms with Crippen molar-refractivity contribution < 1.29 is 4.79 Å². The summed E-state index contributed by atoms with van der Waals surface area (Å²) in [7, 11) is 2.03. The van der Waals surface area contributed by atoms with Crippen molar-refractivity contribution in [2.24, 2.45) is 5.73 Å². The van der Waals surface area contributed by atoms with Gasteiger partial charge in [-0.25, -0.2) is 0 Å². The molecule has 110 valence electrons. The first-order valence-electron chi connectivity index (χ1n) is 7.09. The van der Waals surface area contributed by atoms with E-state index in [1.165, 1.54) is 0 Å². The number of carbonyl (C=O) groups is 1. The molecule has 0 spiro atoms. The van der Waals surface area contributed by atoms with Crippen molar-refractivity contribution in [1.82, 2.24) is 15.1 Å². The highest BCUT2D eigenvalue weighted by molar-refractivity contribution is 5.90. The Morgan fingerprint density at radius 1 is 1.35 bits per heavy atom. The zero-order valence-corrected chi connectivity index (χ0v) is 12.4. The summed E-state index contributed by atoms with van der Waals surface area (Å²) in [4.78, 5) is 15.6. The van der Waals surface area contributed by atoms with Crippen molar-refractivity contribution in [3.63, 3.8) is 0 Å². The second kappa shape index (κ2) is 6.17. The predicted molar refractivity (Wildman–Crippen MR) is 78.7 cm³/mol. The molecule has 1 aliphatic heterocycles. The quantitative estimate of drug-likeness (QED) is 0.884. The second-order valence-electron chi connectivity index (χ2n) is 5.61. The number of amides is 1. The first-order chi connectivity index (χ1) is 9.49. The van der Waals surface area contributed by atoms with Crippen LogP contribution in [0.3, 0.4) is 0 Å². The van der Waals surface area contributed by atoms with Gasteiger partial charge in [-0.05, 0) is 38.8 Å². The maximum absolute atomic E-state index is 11.0. The minimum atomic E-state index is -0.544. The van der Waals surface area contributed by atoms with Crippen LogP contribution in [-0.2, 0) is 0 Å². The minimum absolute atomic E-state index is 0.205. The van der Waals surface area contributed by atoms with Gasteiger partial charge in [0.2, 0.25) is 0 Å². The third kappa shape index (κ3) is 3.25. The average Bonchev–Trinajstić information content (AvgIpc) is 2.46. The number of hydrogen-bond donors (Lipinski definition) is 1. The molecule has 1 aromatic rings. The van der Waals surface area contributed by atoms with Gasteiger partial charge < -0.3 is 15.5 Å². The number of carbonyl (C=O) groups excluding carboxylic acids is 1. The van der Waals surface area contributed by atoms with E-state index in [0.717, 1.165) is 31.7 Å². The lowest BCUT2D eigenvalue weighted by molar-refractivity contribution is 0.0994. The van der Waals surface area contributed by atoms with Gasteiger partial charge in [0.15, 0.2) is 11.5 Å². The van der Waals surface area contributed by atoms with Crippen molar-refractivity contribution in [2.75, 3.05) is 25.0 Å². The molecule has 6 heteroatoms. The number of nitrogens with two attached hydrogens (primary N) is 1. The summed E-state index contributed by atoms with van der Waals surface area (Å²) in [5.74, 6) is 0.245. The van der Waals surface area contributed by atoms with Gasteiger partial charge in [-0.1, -0.05) is 0 Å². The third-order valence-electron chi connectivity index (χ3n) is 4.04. The van der Waals surface area contributed by atoms with Crippen LogP contribution in [0.2, 0.25) is 0 Å². The van der Waals surface area contributed by atoms with E-state index in [0.29, 0.717) is 12.1 Å². The Morgan fingerprint density at radius 2 is 2.00 bits per heavy atom. The van der Waals surface area contributed by atoms with Crippen molar-refractivity contribution in [3.8, 4) is 0 Å². The molecule has 0 atom stereocenters. The van der Waals surface area contributed by atoms with E-state index in [2.05, 4.69) is 33.8 Å². The molecule has 6 nitrogen and oxygen atoms in total. The zero-order valence-electron chi connectivity index (χ0n) is 12.4. The number of likely N-dealkylation sites (tertiary alicyclic amines) is 1. The van der Waals surface area contributed by atoms with Gasteiger partial charge >= 0.3 is 0 Å². The van der Waals surface area contributed by atoms with E-state index < -0.39 is 5.91 Å². The van der Waals surface area contributed by atoms with Crippen molar-refractivity contribution in [3.05, 3.63) is 17.8 Å². The summed E-state index contributed by atoms with van der Waals surface area (Å²) in [6, 6.07) is 4.52. The van der Waals surface area contributed by atoms with Gasteiger partial charge in [0.05, 0.1) is 0 Å². The lowest BCUT2D eigenvalue weighted by Gasteiger charge is -2.38. The third-order valence-corrected chi connectivity index (χ3v) is 4.04. The Morgan fingerprint density at radius 3 is 2.45 bits per heavy atom. The summed E-state index contributed by atoms with van der Waals surface area (Å²) in [5.41, 5.74) is 5.37. The number of primary amides is 1. The van der Waals surface area contributed by atoms with Gasteiger partial charge in [0.25, 0.3) is 5.91 Å². The molecule has 1 saturated heterocycles. The number of anilines is 1. The topological polar surface area (TPSA) is 75.3 Å². The molecule has 0 aliphatic carbocycles. The molecule has 20 heavy (non-hydrogen) atoms. The molecule has 2 heterocycles. The van der Waals surface area contributed by atoms with Crippen LogP contribution in [0.5, 0.6) is 0 Å². The van der Waals surface area contributed by atoms with Crippen LogP contribution in [0, 0.1) is 0 Å².